The first-order valence-corrected chi connectivity index (χ1v) is 6.30. The van der Waals surface area contributed by atoms with Gasteiger partial charge in [-0.25, -0.2) is 8.78 Å². The monoisotopic (exact) mass is 269 g/mol. The van der Waals surface area contributed by atoms with E-state index in [2.05, 4.69) is 0 Å². The summed E-state index contributed by atoms with van der Waals surface area (Å²) in [5.74, 6) is -1.48. The van der Waals surface area contributed by atoms with Crippen LogP contribution in [0.15, 0.2) is 18.2 Å². The number of benzene rings is 1. The van der Waals surface area contributed by atoms with Crippen LogP contribution in [0, 0.1) is 17.6 Å². The van der Waals surface area contributed by atoms with Crippen LogP contribution in [-0.4, -0.2) is 42.0 Å². The fourth-order valence-corrected chi connectivity index (χ4v) is 2.40. The van der Waals surface area contributed by atoms with Gasteiger partial charge in [-0.05, 0) is 37.9 Å². The molecule has 1 saturated carbocycles. The second kappa shape index (κ2) is 5.75. The van der Waals surface area contributed by atoms with Crippen molar-refractivity contribution in [1.82, 2.24) is 4.90 Å². The first-order valence-electron chi connectivity index (χ1n) is 6.30. The molecule has 5 heteroatoms. The predicted molar refractivity (Wildman–Crippen MR) is 66.9 cm³/mol. The lowest BCUT2D eigenvalue weighted by atomic mass is 9.82. The minimum Gasteiger partial charge on any atom is -0.393 e. The molecule has 2 rings (SSSR count). The van der Waals surface area contributed by atoms with Gasteiger partial charge in [-0.3, -0.25) is 9.69 Å². The minimum absolute atomic E-state index is 0.0816. The number of hydrogen-bond donors (Lipinski definition) is 1. The van der Waals surface area contributed by atoms with Crippen LogP contribution in [0.5, 0.6) is 0 Å². The van der Waals surface area contributed by atoms with E-state index in [0.29, 0.717) is 12.5 Å². The van der Waals surface area contributed by atoms with Crippen molar-refractivity contribution in [3.63, 3.8) is 0 Å². The highest BCUT2D eigenvalue weighted by Crippen LogP contribution is 2.27. The normalized spacial score (nSPS) is 22.4. The van der Waals surface area contributed by atoms with Gasteiger partial charge in [0, 0.05) is 12.6 Å². The summed E-state index contributed by atoms with van der Waals surface area (Å²) < 4.78 is 26.2. The van der Waals surface area contributed by atoms with E-state index in [-0.39, 0.29) is 24.0 Å². The molecule has 1 aromatic carbocycles. The van der Waals surface area contributed by atoms with E-state index in [1.165, 1.54) is 6.07 Å². The van der Waals surface area contributed by atoms with Crippen molar-refractivity contribution < 1.29 is 18.7 Å². The Morgan fingerprint density at radius 2 is 2.11 bits per heavy atom. The molecule has 1 aliphatic rings. The number of likely N-dealkylation sites (N-methyl/N-ethyl adjacent to an activating group) is 1. The molecular formula is C14H17F2NO2. The summed E-state index contributed by atoms with van der Waals surface area (Å²) in [6, 6.07) is 2.97. The zero-order valence-corrected chi connectivity index (χ0v) is 10.8. The Balaban J connectivity index is 1.89. The number of ketones is 1. The molecule has 0 aromatic heterocycles. The zero-order chi connectivity index (χ0) is 14.0. The number of hydrogen-bond acceptors (Lipinski definition) is 3. The fraction of sp³-hybridized carbons (Fsp3) is 0.500. The molecule has 0 radical (unpaired) electrons. The molecule has 0 unspecified atom stereocenters. The highest BCUT2D eigenvalue weighted by atomic mass is 19.1. The van der Waals surface area contributed by atoms with Crippen molar-refractivity contribution in [2.24, 2.45) is 5.92 Å². The molecule has 1 aromatic rings. The second-order valence-corrected chi connectivity index (χ2v) is 5.24. The van der Waals surface area contributed by atoms with Crippen molar-refractivity contribution in [3.8, 4) is 0 Å². The second-order valence-electron chi connectivity index (χ2n) is 5.24. The van der Waals surface area contributed by atoms with Gasteiger partial charge in [0.05, 0.1) is 18.2 Å². The first kappa shape index (κ1) is 14.1. The van der Waals surface area contributed by atoms with Gasteiger partial charge >= 0.3 is 0 Å². The summed E-state index contributed by atoms with van der Waals surface area (Å²) in [7, 11) is 1.78. The highest BCUT2D eigenvalue weighted by molar-refractivity contribution is 5.97. The van der Waals surface area contributed by atoms with E-state index < -0.39 is 11.6 Å². The smallest absolute Gasteiger partial charge is 0.179 e. The van der Waals surface area contributed by atoms with Crippen LogP contribution in [0.4, 0.5) is 8.78 Å². The SMILES string of the molecule is CN(CC(=O)c1ccc(F)cc1F)CC1CC(O)C1. The van der Waals surface area contributed by atoms with Crippen LogP contribution in [-0.2, 0) is 0 Å². The summed E-state index contributed by atoms with van der Waals surface area (Å²) >= 11 is 0. The lowest BCUT2D eigenvalue weighted by molar-refractivity contribution is 0.0286. The largest absolute Gasteiger partial charge is 0.393 e. The van der Waals surface area contributed by atoms with Crippen LogP contribution in [0.3, 0.4) is 0 Å². The fourth-order valence-electron chi connectivity index (χ4n) is 2.40. The molecule has 0 atom stereocenters. The van der Waals surface area contributed by atoms with E-state index in [9.17, 15) is 18.7 Å². The van der Waals surface area contributed by atoms with Gasteiger partial charge in [-0.2, -0.15) is 0 Å². The van der Waals surface area contributed by atoms with Crippen molar-refractivity contribution in [1.29, 1.82) is 0 Å². The van der Waals surface area contributed by atoms with Crippen molar-refractivity contribution in [3.05, 3.63) is 35.4 Å². The van der Waals surface area contributed by atoms with Gasteiger partial charge in [0.15, 0.2) is 5.78 Å². The average Bonchev–Trinajstić information content (AvgIpc) is 2.26. The molecule has 104 valence electrons. The first-order chi connectivity index (χ1) is 8.95. The maximum Gasteiger partial charge on any atom is 0.179 e. The van der Waals surface area contributed by atoms with Gasteiger partial charge in [0.2, 0.25) is 0 Å². The van der Waals surface area contributed by atoms with Crippen LogP contribution >= 0.6 is 0 Å². The molecule has 0 bridgehead atoms. The van der Waals surface area contributed by atoms with Gasteiger partial charge in [-0.15, -0.1) is 0 Å². The Labute approximate surface area is 110 Å². The highest BCUT2D eigenvalue weighted by Gasteiger charge is 2.28. The Morgan fingerprint density at radius 1 is 1.42 bits per heavy atom. The Morgan fingerprint density at radius 3 is 2.68 bits per heavy atom. The topological polar surface area (TPSA) is 40.5 Å². The molecule has 0 spiro atoms. The maximum atomic E-state index is 13.4. The van der Waals surface area contributed by atoms with E-state index >= 15 is 0 Å². The van der Waals surface area contributed by atoms with Crippen molar-refractivity contribution in [2.75, 3.05) is 20.1 Å². The Hall–Kier alpha value is -1.33. The molecule has 3 nitrogen and oxygen atoms in total. The molecule has 1 N–H and O–H groups in total. The molecule has 0 heterocycles. The third-order valence-electron chi connectivity index (χ3n) is 3.43. The van der Waals surface area contributed by atoms with E-state index in [4.69, 9.17) is 0 Å². The van der Waals surface area contributed by atoms with Gasteiger partial charge in [0.1, 0.15) is 11.6 Å². The number of nitrogens with zero attached hydrogens (tertiary/aromatic N) is 1. The maximum absolute atomic E-state index is 13.4. The quantitative estimate of drug-likeness (QED) is 0.829. The van der Waals surface area contributed by atoms with E-state index in [0.717, 1.165) is 25.0 Å². The molecule has 0 amide bonds. The van der Waals surface area contributed by atoms with E-state index in [1.54, 1.807) is 7.05 Å². The summed E-state index contributed by atoms with van der Waals surface area (Å²) in [5.41, 5.74) is -0.0816. The number of carbonyl (C=O) groups excluding carboxylic acids is 1. The minimum atomic E-state index is -0.822. The molecule has 0 saturated heterocycles. The van der Waals surface area contributed by atoms with E-state index in [1.807, 2.05) is 4.90 Å². The lowest BCUT2D eigenvalue weighted by Crippen LogP contribution is -2.39. The summed E-state index contributed by atoms with van der Waals surface area (Å²) in [6.45, 7) is 0.792. The summed E-state index contributed by atoms with van der Waals surface area (Å²) in [4.78, 5) is 13.7. The van der Waals surface area contributed by atoms with Gasteiger partial charge < -0.3 is 5.11 Å². The third-order valence-corrected chi connectivity index (χ3v) is 3.43. The van der Waals surface area contributed by atoms with Crippen LogP contribution in [0.1, 0.15) is 23.2 Å². The van der Waals surface area contributed by atoms with Crippen LogP contribution in [0.25, 0.3) is 0 Å². The zero-order valence-electron chi connectivity index (χ0n) is 10.8. The number of Topliss-reactive ketones (excluding diaryl/α,β-unsaturated/α-hetero) is 1. The molecular weight excluding hydrogens is 252 g/mol. The number of rotatable bonds is 5. The van der Waals surface area contributed by atoms with Crippen LogP contribution in [0.2, 0.25) is 0 Å². The Bertz CT molecular complexity index is 473. The van der Waals surface area contributed by atoms with Gasteiger partial charge in [0.25, 0.3) is 0 Å². The standard InChI is InChI=1S/C14H17F2NO2/c1-17(7-9-4-11(18)5-9)8-14(19)12-3-2-10(15)6-13(12)16/h2-3,6,9,11,18H,4-5,7-8H2,1H3. The average molecular weight is 269 g/mol. The molecule has 1 fully saturated rings. The van der Waals surface area contributed by atoms with Crippen molar-refractivity contribution in [2.45, 2.75) is 18.9 Å². The van der Waals surface area contributed by atoms with Crippen molar-refractivity contribution >= 4 is 5.78 Å². The number of carbonyl (C=O) groups is 1. The summed E-state index contributed by atoms with van der Waals surface area (Å²) in [6.07, 6.45) is 1.29. The number of aliphatic hydroxyl groups excluding tert-OH is 1. The number of halogens is 2. The lowest BCUT2D eigenvalue weighted by Gasteiger charge is -2.34. The van der Waals surface area contributed by atoms with Gasteiger partial charge in [-0.1, -0.05) is 0 Å². The number of aliphatic hydroxyl groups is 1. The Kier molecular flexibility index (Phi) is 4.27. The third kappa shape index (κ3) is 3.58. The summed E-state index contributed by atoms with van der Waals surface area (Å²) in [5, 5.41) is 9.18. The molecule has 19 heavy (non-hydrogen) atoms. The molecule has 1 aliphatic carbocycles. The van der Waals surface area contributed by atoms with Crippen LogP contribution < -0.4 is 0 Å². The predicted octanol–water partition coefficient (Wildman–Crippen LogP) is 1.85. The molecule has 0 aliphatic heterocycles.